The molecule has 0 bridgehead atoms. The molecule has 0 rings (SSSR count). The van der Waals surface area contributed by atoms with Crippen molar-refractivity contribution in [1.29, 1.82) is 0 Å². The molecule has 4 nitrogen and oxygen atoms in total. The molecule has 0 aromatic carbocycles. The fourth-order valence-corrected chi connectivity index (χ4v) is 1.47. The molecule has 0 aliphatic carbocycles. The summed E-state index contributed by atoms with van der Waals surface area (Å²) in [6.07, 6.45) is 0.717. The summed E-state index contributed by atoms with van der Waals surface area (Å²) in [5.41, 5.74) is -0.591. The van der Waals surface area contributed by atoms with Gasteiger partial charge in [-0.05, 0) is 40.8 Å². The summed E-state index contributed by atoms with van der Waals surface area (Å²) in [5, 5.41) is 6.25. The Morgan fingerprint density at radius 2 is 2.07 bits per heavy atom. The molecule has 4 heteroatoms. The standard InChI is InChI=1S/C10H22N2O2/c1-8(2)12-10(3,6-7-11-4)9(13)14-5/h8,11-12H,6-7H2,1-5H3/t10-/m1/s1. The Bertz CT molecular complexity index is 183. The van der Waals surface area contributed by atoms with Gasteiger partial charge in [-0.1, -0.05) is 0 Å². The first-order chi connectivity index (χ1) is 6.46. The first-order valence-corrected chi connectivity index (χ1v) is 4.97. The zero-order chi connectivity index (χ0) is 11.2. The lowest BCUT2D eigenvalue weighted by Crippen LogP contribution is -2.54. The van der Waals surface area contributed by atoms with Crippen LogP contribution < -0.4 is 10.6 Å². The zero-order valence-electron chi connectivity index (χ0n) is 9.81. The maximum atomic E-state index is 11.6. The lowest BCUT2D eigenvalue weighted by atomic mass is 9.97. The quantitative estimate of drug-likeness (QED) is 0.617. The van der Waals surface area contributed by atoms with Crippen LogP contribution in [0.25, 0.3) is 0 Å². The SMILES string of the molecule is CNCC[C@@](C)(NC(C)C)C(=O)OC. The summed E-state index contributed by atoms with van der Waals surface area (Å²) in [4.78, 5) is 11.6. The number of nitrogens with one attached hydrogen (secondary N) is 2. The fourth-order valence-electron chi connectivity index (χ4n) is 1.47. The highest BCUT2D eigenvalue weighted by atomic mass is 16.5. The van der Waals surface area contributed by atoms with Gasteiger partial charge in [0.1, 0.15) is 5.54 Å². The average Bonchev–Trinajstić information content (AvgIpc) is 2.12. The van der Waals surface area contributed by atoms with Crippen molar-refractivity contribution in [3.63, 3.8) is 0 Å². The van der Waals surface area contributed by atoms with Crippen molar-refractivity contribution in [2.45, 2.75) is 38.8 Å². The van der Waals surface area contributed by atoms with Crippen molar-refractivity contribution >= 4 is 5.97 Å². The normalized spacial score (nSPS) is 15.3. The topological polar surface area (TPSA) is 50.4 Å². The number of rotatable bonds is 6. The van der Waals surface area contributed by atoms with Gasteiger partial charge in [0.05, 0.1) is 7.11 Å². The second-order valence-electron chi connectivity index (χ2n) is 3.98. The van der Waals surface area contributed by atoms with Crippen LogP contribution in [0.2, 0.25) is 0 Å². The molecule has 0 amide bonds. The molecule has 0 aliphatic rings. The number of hydrogen-bond donors (Lipinski definition) is 2. The summed E-state index contributed by atoms with van der Waals surface area (Å²) < 4.78 is 4.78. The fraction of sp³-hybridized carbons (Fsp3) is 0.900. The summed E-state index contributed by atoms with van der Waals surface area (Å²) in [7, 11) is 3.29. The van der Waals surface area contributed by atoms with Crippen LogP contribution in [0, 0.1) is 0 Å². The van der Waals surface area contributed by atoms with Crippen LogP contribution in [0.5, 0.6) is 0 Å². The predicted molar refractivity (Wildman–Crippen MR) is 57.2 cm³/mol. The number of carbonyl (C=O) groups excluding carboxylic acids is 1. The Morgan fingerprint density at radius 3 is 2.43 bits per heavy atom. The molecule has 0 unspecified atom stereocenters. The lowest BCUT2D eigenvalue weighted by molar-refractivity contribution is -0.148. The Labute approximate surface area is 86.4 Å². The van der Waals surface area contributed by atoms with Crippen molar-refractivity contribution < 1.29 is 9.53 Å². The molecule has 14 heavy (non-hydrogen) atoms. The second kappa shape index (κ2) is 5.98. The van der Waals surface area contributed by atoms with E-state index in [0.717, 1.165) is 6.54 Å². The highest BCUT2D eigenvalue weighted by molar-refractivity contribution is 5.80. The maximum absolute atomic E-state index is 11.6. The minimum absolute atomic E-state index is 0.207. The molecule has 0 aromatic heterocycles. The van der Waals surface area contributed by atoms with Crippen molar-refractivity contribution in [1.82, 2.24) is 10.6 Å². The van der Waals surface area contributed by atoms with E-state index in [0.29, 0.717) is 6.42 Å². The average molecular weight is 202 g/mol. The van der Waals surface area contributed by atoms with Crippen molar-refractivity contribution in [3.8, 4) is 0 Å². The van der Waals surface area contributed by atoms with Crippen LogP contribution in [0.4, 0.5) is 0 Å². The monoisotopic (exact) mass is 202 g/mol. The maximum Gasteiger partial charge on any atom is 0.325 e. The zero-order valence-corrected chi connectivity index (χ0v) is 9.81. The van der Waals surface area contributed by atoms with E-state index in [2.05, 4.69) is 10.6 Å². The van der Waals surface area contributed by atoms with Crippen LogP contribution in [-0.4, -0.2) is 38.3 Å². The number of hydrogen-bond acceptors (Lipinski definition) is 4. The van der Waals surface area contributed by atoms with Crippen molar-refractivity contribution in [2.24, 2.45) is 0 Å². The number of esters is 1. The van der Waals surface area contributed by atoms with Crippen LogP contribution >= 0.6 is 0 Å². The molecular formula is C10H22N2O2. The highest BCUT2D eigenvalue weighted by Gasteiger charge is 2.33. The van der Waals surface area contributed by atoms with Gasteiger partial charge in [0, 0.05) is 6.04 Å². The Kier molecular flexibility index (Phi) is 5.72. The van der Waals surface area contributed by atoms with Crippen LogP contribution in [0.3, 0.4) is 0 Å². The van der Waals surface area contributed by atoms with Gasteiger partial charge in [0.15, 0.2) is 0 Å². The van der Waals surface area contributed by atoms with E-state index in [1.807, 2.05) is 27.8 Å². The van der Waals surface area contributed by atoms with Crippen molar-refractivity contribution in [3.05, 3.63) is 0 Å². The van der Waals surface area contributed by atoms with Gasteiger partial charge in [-0.25, -0.2) is 0 Å². The largest absolute Gasteiger partial charge is 0.468 e. The molecule has 0 aromatic rings. The second-order valence-corrected chi connectivity index (χ2v) is 3.98. The molecule has 2 N–H and O–H groups in total. The van der Waals surface area contributed by atoms with Crippen molar-refractivity contribution in [2.75, 3.05) is 20.7 Å². The minimum atomic E-state index is -0.591. The predicted octanol–water partition coefficient (Wildman–Crippen LogP) is 0.526. The smallest absolute Gasteiger partial charge is 0.325 e. The third-order valence-electron chi connectivity index (χ3n) is 2.12. The molecule has 0 fully saturated rings. The number of carbonyl (C=O) groups is 1. The van der Waals surface area contributed by atoms with E-state index in [1.54, 1.807) is 0 Å². The number of ether oxygens (including phenoxy) is 1. The van der Waals surface area contributed by atoms with E-state index >= 15 is 0 Å². The molecule has 0 saturated carbocycles. The molecule has 0 aliphatic heterocycles. The third kappa shape index (κ3) is 4.07. The number of methoxy groups -OCH3 is 1. The van der Waals surface area contributed by atoms with Gasteiger partial charge in [-0.2, -0.15) is 0 Å². The molecule has 0 spiro atoms. The molecule has 0 saturated heterocycles. The first-order valence-electron chi connectivity index (χ1n) is 4.97. The van der Waals surface area contributed by atoms with E-state index < -0.39 is 5.54 Å². The third-order valence-corrected chi connectivity index (χ3v) is 2.12. The molecular weight excluding hydrogens is 180 g/mol. The van der Waals surface area contributed by atoms with Gasteiger partial charge in [0.2, 0.25) is 0 Å². The van der Waals surface area contributed by atoms with E-state index in [4.69, 9.17) is 4.74 Å². The first kappa shape index (κ1) is 13.4. The molecule has 84 valence electrons. The Morgan fingerprint density at radius 1 is 1.50 bits per heavy atom. The Balaban J connectivity index is 4.40. The van der Waals surface area contributed by atoms with Gasteiger partial charge >= 0.3 is 5.97 Å². The van der Waals surface area contributed by atoms with Gasteiger partial charge in [0.25, 0.3) is 0 Å². The van der Waals surface area contributed by atoms with Gasteiger partial charge in [-0.15, -0.1) is 0 Å². The summed E-state index contributed by atoms with van der Waals surface area (Å²) >= 11 is 0. The highest BCUT2D eigenvalue weighted by Crippen LogP contribution is 2.12. The molecule has 0 radical (unpaired) electrons. The van der Waals surface area contributed by atoms with Crippen LogP contribution in [-0.2, 0) is 9.53 Å². The van der Waals surface area contributed by atoms with Gasteiger partial charge < -0.3 is 10.1 Å². The molecule has 1 atom stereocenters. The summed E-state index contributed by atoms with van der Waals surface area (Å²) in [6.45, 7) is 6.68. The summed E-state index contributed by atoms with van der Waals surface area (Å²) in [6, 6.07) is 0.260. The summed E-state index contributed by atoms with van der Waals surface area (Å²) in [5.74, 6) is -0.207. The molecule has 0 heterocycles. The van der Waals surface area contributed by atoms with E-state index in [9.17, 15) is 4.79 Å². The van der Waals surface area contributed by atoms with Gasteiger partial charge in [-0.3, -0.25) is 10.1 Å². The Hall–Kier alpha value is -0.610. The van der Waals surface area contributed by atoms with E-state index in [1.165, 1.54) is 7.11 Å². The minimum Gasteiger partial charge on any atom is -0.468 e. The van der Waals surface area contributed by atoms with Crippen LogP contribution in [0.15, 0.2) is 0 Å². The lowest BCUT2D eigenvalue weighted by Gasteiger charge is -2.30. The van der Waals surface area contributed by atoms with Crippen LogP contribution in [0.1, 0.15) is 27.2 Å². The van der Waals surface area contributed by atoms with E-state index in [-0.39, 0.29) is 12.0 Å².